The van der Waals surface area contributed by atoms with Crippen LogP contribution in [0, 0.1) is 23.2 Å². The molecule has 3 unspecified atom stereocenters. The number of hydrogen-bond donors (Lipinski definition) is 0. The van der Waals surface area contributed by atoms with Crippen molar-refractivity contribution in [3.63, 3.8) is 0 Å². The van der Waals surface area contributed by atoms with Gasteiger partial charge in [-0.15, -0.1) is 0 Å². The third-order valence-corrected chi connectivity index (χ3v) is 11.6. The summed E-state index contributed by atoms with van der Waals surface area (Å²) in [5.74, 6) is -2.20. The van der Waals surface area contributed by atoms with Crippen molar-refractivity contribution in [3.05, 3.63) is 23.0 Å². The number of nitriles is 1. The molecular formula is C31H42ClN4O9P. The SMILES string of the molecule is CCOC(=O)C(OC[C@H]1O[C@@H](n2ccc3c(N4CC5CCCC5C4)c(C#N)c(Cl)nc32)[C@@H]2OC(C)(C)O[C@@H]21)P(=O)(OCC)OCC. The minimum Gasteiger partial charge on any atom is -0.464 e. The van der Waals surface area contributed by atoms with Crippen molar-refractivity contribution >= 4 is 41.9 Å². The average molecular weight is 681 g/mol. The van der Waals surface area contributed by atoms with Gasteiger partial charge in [0.15, 0.2) is 17.2 Å². The van der Waals surface area contributed by atoms with Gasteiger partial charge in [-0.05, 0) is 65.4 Å². The first-order valence-electron chi connectivity index (χ1n) is 16.1. The van der Waals surface area contributed by atoms with E-state index in [1.54, 1.807) is 20.8 Å². The highest BCUT2D eigenvalue weighted by Crippen LogP contribution is 2.54. The number of halogens is 1. The largest absolute Gasteiger partial charge is 0.464 e. The van der Waals surface area contributed by atoms with E-state index < -0.39 is 49.7 Å². The molecule has 0 amide bonds. The summed E-state index contributed by atoms with van der Waals surface area (Å²) in [7, 11) is -4.04. The first-order chi connectivity index (χ1) is 22.0. The zero-order valence-electron chi connectivity index (χ0n) is 26.8. The summed E-state index contributed by atoms with van der Waals surface area (Å²) in [6.07, 6.45) is 2.85. The van der Waals surface area contributed by atoms with E-state index in [-0.39, 0.29) is 31.6 Å². The van der Waals surface area contributed by atoms with Gasteiger partial charge in [-0.1, -0.05) is 18.0 Å². The Balaban J connectivity index is 1.31. The van der Waals surface area contributed by atoms with Crippen molar-refractivity contribution in [1.82, 2.24) is 9.55 Å². The van der Waals surface area contributed by atoms with Crippen LogP contribution in [0.25, 0.3) is 11.0 Å². The third-order valence-electron chi connectivity index (χ3n) is 9.16. The van der Waals surface area contributed by atoms with E-state index >= 15 is 0 Å². The van der Waals surface area contributed by atoms with Crippen LogP contribution in [0.1, 0.15) is 65.7 Å². The molecule has 4 aliphatic rings. The topological polar surface area (TPSA) is 144 Å². The van der Waals surface area contributed by atoms with Gasteiger partial charge < -0.3 is 42.2 Å². The minimum absolute atomic E-state index is 0.0406. The number of hydrogen-bond acceptors (Lipinski definition) is 12. The van der Waals surface area contributed by atoms with E-state index in [9.17, 15) is 14.6 Å². The second-order valence-electron chi connectivity index (χ2n) is 12.5. The van der Waals surface area contributed by atoms with Crippen molar-refractivity contribution in [2.45, 2.75) is 90.1 Å². The lowest BCUT2D eigenvalue weighted by molar-refractivity contribution is -0.203. The molecule has 5 heterocycles. The Kier molecular flexibility index (Phi) is 9.74. The molecule has 2 aromatic heterocycles. The van der Waals surface area contributed by atoms with Gasteiger partial charge in [0.05, 0.1) is 32.1 Å². The molecule has 2 aromatic rings. The molecule has 1 saturated carbocycles. The lowest BCUT2D eigenvalue weighted by atomic mass is 10.0. The van der Waals surface area contributed by atoms with Gasteiger partial charge in [-0.2, -0.15) is 5.26 Å². The standard InChI is InChI=1S/C31H42ClN4O9P/c1-6-39-29(37)30(46(38,41-7-2)42-8-3)40-17-22-24-25(45-31(4,5)44-24)28(43-22)36-13-12-20-23(21(14-33)26(32)34-27(20)36)35-15-18-10-9-11-19(18)16-35/h12-13,18-19,22,24-25,28,30H,6-11,15-17H2,1-5H3/t18?,19?,22-,24-,25-,28-,30?/m1/s1. The molecule has 4 fully saturated rings. The molecule has 1 aliphatic carbocycles. The molecular weight excluding hydrogens is 639 g/mol. The van der Waals surface area contributed by atoms with Crippen LogP contribution < -0.4 is 4.90 Å². The summed E-state index contributed by atoms with van der Waals surface area (Å²) in [5.41, 5.74) is 1.71. The number of rotatable bonds is 12. The monoisotopic (exact) mass is 680 g/mol. The van der Waals surface area contributed by atoms with Gasteiger partial charge in [0, 0.05) is 24.7 Å². The van der Waals surface area contributed by atoms with Crippen molar-refractivity contribution in [2.75, 3.05) is 44.4 Å². The number of fused-ring (bicyclic) bond motifs is 3. The van der Waals surface area contributed by atoms with Crippen molar-refractivity contribution in [2.24, 2.45) is 11.8 Å². The molecule has 3 aliphatic heterocycles. The second-order valence-corrected chi connectivity index (χ2v) is 14.9. The molecule has 0 bridgehead atoms. The van der Waals surface area contributed by atoms with Crippen LogP contribution in [0.4, 0.5) is 5.69 Å². The third kappa shape index (κ3) is 6.08. The zero-order chi connectivity index (χ0) is 32.8. The molecule has 0 N–H and O–H groups in total. The van der Waals surface area contributed by atoms with Gasteiger partial charge in [0.1, 0.15) is 35.6 Å². The Hall–Kier alpha value is -2.27. The van der Waals surface area contributed by atoms with Crippen LogP contribution in [-0.4, -0.2) is 85.0 Å². The number of carbonyl (C=O) groups excluding carboxylic acids is 1. The van der Waals surface area contributed by atoms with Gasteiger partial charge in [-0.25, -0.2) is 9.78 Å². The van der Waals surface area contributed by atoms with Crippen LogP contribution in [0.3, 0.4) is 0 Å². The van der Waals surface area contributed by atoms with Crippen LogP contribution in [-0.2, 0) is 42.1 Å². The second kappa shape index (κ2) is 13.3. The molecule has 0 radical (unpaired) electrons. The predicted octanol–water partition coefficient (Wildman–Crippen LogP) is 5.39. The molecule has 0 spiro atoms. The highest BCUT2D eigenvalue weighted by atomic mass is 35.5. The molecule has 6 rings (SSSR count). The summed E-state index contributed by atoms with van der Waals surface area (Å²) < 4.78 is 56.6. The van der Waals surface area contributed by atoms with E-state index in [4.69, 9.17) is 44.3 Å². The number of pyridine rings is 1. The number of anilines is 1. The molecule has 7 atom stereocenters. The first-order valence-corrected chi connectivity index (χ1v) is 18.1. The molecule has 252 valence electrons. The first kappa shape index (κ1) is 33.6. The number of nitrogens with zero attached hydrogens (tertiary/aromatic N) is 4. The van der Waals surface area contributed by atoms with E-state index in [1.165, 1.54) is 19.3 Å². The summed E-state index contributed by atoms with van der Waals surface area (Å²) in [5, 5.41) is 11.0. The van der Waals surface area contributed by atoms with E-state index in [0.717, 1.165) is 24.2 Å². The van der Waals surface area contributed by atoms with Crippen LogP contribution in [0.5, 0.6) is 0 Å². The Morgan fingerprint density at radius 3 is 2.46 bits per heavy atom. The Labute approximate surface area is 273 Å². The quantitative estimate of drug-likeness (QED) is 0.161. The maximum Gasteiger partial charge on any atom is 0.370 e. The lowest BCUT2D eigenvalue weighted by Crippen LogP contribution is -2.37. The van der Waals surface area contributed by atoms with Crippen LogP contribution in [0.15, 0.2) is 12.3 Å². The van der Waals surface area contributed by atoms with E-state index in [1.807, 2.05) is 30.7 Å². The molecule has 0 aromatic carbocycles. The number of aromatic nitrogens is 2. The highest BCUT2D eigenvalue weighted by Gasteiger charge is 2.57. The number of esters is 1. The molecule has 3 saturated heterocycles. The van der Waals surface area contributed by atoms with Gasteiger partial charge in [0.25, 0.3) is 5.85 Å². The van der Waals surface area contributed by atoms with Gasteiger partial charge in [0.2, 0.25) is 0 Å². The zero-order valence-corrected chi connectivity index (χ0v) is 28.5. The minimum atomic E-state index is -4.04. The van der Waals surface area contributed by atoms with Crippen molar-refractivity contribution < 1.29 is 42.1 Å². The highest BCUT2D eigenvalue weighted by molar-refractivity contribution is 7.55. The van der Waals surface area contributed by atoms with E-state index in [0.29, 0.717) is 23.0 Å². The smallest absolute Gasteiger partial charge is 0.370 e. The van der Waals surface area contributed by atoms with Crippen molar-refractivity contribution in [3.8, 4) is 6.07 Å². The summed E-state index contributed by atoms with van der Waals surface area (Å²) in [6.45, 7) is 10.3. The van der Waals surface area contributed by atoms with Crippen LogP contribution in [0.2, 0.25) is 5.15 Å². The lowest BCUT2D eigenvalue weighted by Gasteiger charge is -2.28. The molecule has 46 heavy (non-hydrogen) atoms. The Bertz CT molecular complexity index is 1520. The molecule has 15 heteroatoms. The van der Waals surface area contributed by atoms with Gasteiger partial charge >= 0.3 is 13.6 Å². The average Bonchev–Trinajstić information content (AvgIpc) is 3.80. The normalized spacial score (nSPS) is 29.2. The summed E-state index contributed by atoms with van der Waals surface area (Å²) in [4.78, 5) is 19.9. The summed E-state index contributed by atoms with van der Waals surface area (Å²) in [6, 6.07) is 4.22. The Morgan fingerprint density at radius 1 is 1.15 bits per heavy atom. The maximum atomic E-state index is 13.6. The fraction of sp³-hybridized carbons (Fsp3) is 0.710. The predicted molar refractivity (Wildman–Crippen MR) is 167 cm³/mol. The van der Waals surface area contributed by atoms with E-state index in [2.05, 4.69) is 16.0 Å². The maximum absolute atomic E-state index is 13.6. The van der Waals surface area contributed by atoms with Gasteiger partial charge in [-0.3, -0.25) is 4.57 Å². The number of ether oxygens (including phenoxy) is 5. The number of carbonyl (C=O) groups is 1. The van der Waals surface area contributed by atoms with Crippen LogP contribution >= 0.6 is 19.2 Å². The fourth-order valence-electron chi connectivity index (χ4n) is 7.41. The fourth-order valence-corrected chi connectivity index (χ4v) is 9.29. The summed E-state index contributed by atoms with van der Waals surface area (Å²) >= 11 is 6.68. The molecule has 13 nitrogen and oxygen atoms in total. The Morgan fingerprint density at radius 2 is 1.83 bits per heavy atom. The van der Waals surface area contributed by atoms with Crippen molar-refractivity contribution in [1.29, 1.82) is 5.26 Å².